The van der Waals surface area contributed by atoms with E-state index in [1.807, 2.05) is 24.3 Å². The van der Waals surface area contributed by atoms with Crippen LogP contribution in [0.3, 0.4) is 0 Å². The van der Waals surface area contributed by atoms with Crippen LogP contribution < -0.4 is 5.32 Å². The van der Waals surface area contributed by atoms with E-state index >= 15 is 0 Å². The number of hydrogen-bond acceptors (Lipinski definition) is 5. The predicted molar refractivity (Wildman–Crippen MR) is 108 cm³/mol. The van der Waals surface area contributed by atoms with Crippen molar-refractivity contribution in [2.45, 2.75) is 57.8 Å². The van der Waals surface area contributed by atoms with E-state index in [0.717, 1.165) is 43.7 Å². The van der Waals surface area contributed by atoms with Crippen molar-refractivity contribution in [3.63, 3.8) is 0 Å². The lowest BCUT2D eigenvalue weighted by atomic mass is 9.71. The van der Waals surface area contributed by atoms with Gasteiger partial charge in [-0.15, -0.1) is 0 Å². The zero-order chi connectivity index (χ0) is 20.9. The van der Waals surface area contributed by atoms with E-state index in [1.54, 1.807) is 12.3 Å². The number of fused-ring (bicyclic) bond motifs is 2. The molecule has 4 heterocycles. The molecule has 0 aromatic carbocycles. The zero-order valence-electron chi connectivity index (χ0n) is 16.4. The van der Waals surface area contributed by atoms with Crippen LogP contribution in [0.5, 0.6) is 0 Å². The highest BCUT2D eigenvalue weighted by Crippen LogP contribution is 2.52. The average molecular weight is 420 g/mol. The van der Waals surface area contributed by atoms with E-state index in [2.05, 4.69) is 22.1 Å². The van der Waals surface area contributed by atoms with Crippen molar-refractivity contribution < 1.29 is 19.1 Å². The second kappa shape index (κ2) is 9.41. The molecule has 156 valence electrons. The molecule has 7 nitrogen and oxygen atoms in total. The lowest BCUT2D eigenvalue weighted by Crippen LogP contribution is -2.48. The molecule has 1 amide bonds. The number of rotatable bonds is 6. The van der Waals surface area contributed by atoms with Gasteiger partial charge < -0.3 is 14.8 Å². The first-order valence-electron chi connectivity index (χ1n) is 9.80. The molecule has 2 aliphatic rings. The molecule has 2 N–H and O–H groups in total. The van der Waals surface area contributed by atoms with Crippen LogP contribution in [-0.2, 0) is 22.7 Å². The van der Waals surface area contributed by atoms with Crippen LogP contribution in [0.1, 0.15) is 44.1 Å². The van der Waals surface area contributed by atoms with Crippen LogP contribution in [0.15, 0.2) is 40.9 Å². The summed E-state index contributed by atoms with van der Waals surface area (Å²) in [4.78, 5) is 28.3. The number of nitrogens with one attached hydrogen (secondary N) is 1. The molecular formula is C21H26ClN3O4. The number of nitrogens with zero attached hydrogens (tertiary/aromatic N) is 2. The maximum absolute atomic E-state index is 13.2. The molecule has 2 aliphatic heterocycles. The van der Waals surface area contributed by atoms with E-state index in [1.165, 1.54) is 0 Å². The fourth-order valence-electron chi connectivity index (χ4n) is 4.80. The molecule has 2 aromatic rings. The number of pyridine rings is 1. The Kier molecular flexibility index (Phi) is 6.92. The van der Waals surface area contributed by atoms with Crippen LogP contribution in [0, 0.1) is 5.41 Å². The summed E-state index contributed by atoms with van der Waals surface area (Å²) < 4.78 is 5.55. The number of furan rings is 1. The molecule has 2 saturated heterocycles. The van der Waals surface area contributed by atoms with E-state index in [4.69, 9.17) is 25.9 Å². The Bertz CT molecular complexity index is 828. The highest BCUT2D eigenvalue weighted by molar-refractivity contribution is 6.28. The number of aromatic nitrogens is 1. The average Bonchev–Trinajstić information content (AvgIpc) is 3.41. The van der Waals surface area contributed by atoms with Crippen molar-refractivity contribution in [1.82, 2.24) is 15.2 Å². The van der Waals surface area contributed by atoms with Gasteiger partial charge in [-0.1, -0.05) is 13.0 Å². The molecule has 3 atom stereocenters. The smallest absolute Gasteiger partial charge is 0.290 e. The highest BCUT2D eigenvalue weighted by Gasteiger charge is 2.58. The van der Waals surface area contributed by atoms with Crippen LogP contribution in [0.4, 0.5) is 0 Å². The Hall–Kier alpha value is -2.38. The highest BCUT2D eigenvalue weighted by atomic mass is 35.5. The van der Waals surface area contributed by atoms with E-state index < -0.39 is 0 Å². The van der Waals surface area contributed by atoms with Gasteiger partial charge in [-0.3, -0.25) is 19.5 Å². The maximum Gasteiger partial charge on any atom is 0.290 e. The molecular weight excluding hydrogens is 394 g/mol. The molecule has 2 fully saturated rings. The molecule has 8 heteroatoms. The number of halogens is 1. The van der Waals surface area contributed by atoms with Crippen molar-refractivity contribution in [3.8, 4) is 0 Å². The van der Waals surface area contributed by atoms with Gasteiger partial charge in [0, 0.05) is 18.3 Å². The summed E-state index contributed by atoms with van der Waals surface area (Å²) in [5.74, 6) is 1.02. The van der Waals surface area contributed by atoms with Crippen LogP contribution >= 0.6 is 11.6 Å². The molecule has 0 radical (unpaired) electrons. The minimum atomic E-state index is -0.325. The summed E-state index contributed by atoms with van der Waals surface area (Å²) in [7, 11) is 0. The molecule has 2 aromatic heterocycles. The number of carboxylic acid groups (broad SMARTS) is 1. The largest absolute Gasteiger partial charge is 0.483 e. The Morgan fingerprint density at radius 3 is 2.83 bits per heavy atom. The van der Waals surface area contributed by atoms with Gasteiger partial charge >= 0.3 is 0 Å². The van der Waals surface area contributed by atoms with Crippen molar-refractivity contribution in [2.24, 2.45) is 5.41 Å². The van der Waals surface area contributed by atoms with Crippen LogP contribution in [-0.4, -0.2) is 39.5 Å². The molecule has 0 spiro atoms. The maximum atomic E-state index is 13.2. The van der Waals surface area contributed by atoms with E-state index in [-0.39, 0.29) is 23.8 Å². The van der Waals surface area contributed by atoms with Crippen molar-refractivity contribution in [1.29, 1.82) is 0 Å². The predicted octanol–water partition coefficient (Wildman–Crippen LogP) is 3.48. The van der Waals surface area contributed by atoms with Gasteiger partial charge in [-0.25, -0.2) is 0 Å². The first-order chi connectivity index (χ1) is 14.0. The molecule has 0 aliphatic carbocycles. The summed E-state index contributed by atoms with van der Waals surface area (Å²) in [6.07, 6.45) is 5.72. The molecule has 4 rings (SSSR count). The lowest BCUT2D eigenvalue weighted by molar-refractivity contribution is -0.133. The molecule has 2 bridgehead atoms. The minimum Gasteiger partial charge on any atom is -0.483 e. The summed E-state index contributed by atoms with van der Waals surface area (Å²) in [6.45, 7) is 3.08. The Morgan fingerprint density at radius 2 is 2.21 bits per heavy atom. The standard InChI is InChI=1S/C20H24ClN3O2.CH2O2/c1-2-20(19(25)23-12-14-5-3-4-10-22-14)11-15-6-8-17(20)24(15)13-16-7-9-18(21)26-16;2-1-3/h3-5,7,9-10,15,17H,2,6,8,11-13H2,1H3,(H,23,25);1H,(H,2,3)/t15-,17+,20+;/m0./s1. The van der Waals surface area contributed by atoms with E-state index in [9.17, 15) is 4.79 Å². The van der Waals surface area contributed by atoms with Crippen LogP contribution in [0.25, 0.3) is 0 Å². The molecule has 29 heavy (non-hydrogen) atoms. The van der Waals surface area contributed by atoms with Gasteiger partial charge in [0.05, 0.1) is 24.2 Å². The number of hydrogen-bond donors (Lipinski definition) is 2. The summed E-state index contributed by atoms with van der Waals surface area (Å²) in [5, 5.41) is 10.4. The van der Waals surface area contributed by atoms with Gasteiger partial charge in [-0.05, 0) is 61.5 Å². The van der Waals surface area contributed by atoms with Crippen molar-refractivity contribution >= 4 is 24.0 Å². The second-order valence-electron chi connectivity index (χ2n) is 7.45. The third-order valence-corrected chi connectivity index (χ3v) is 6.29. The first kappa shape index (κ1) is 21.3. The Labute approximate surface area is 175 Å². The lowest BCUT2D eigenvalue weighted by Gasteiger charge is -2.35. The first-order valence-corrected chi connectivity index (χ1v) is 10.2. The SMILES string of the molecule is CC[C@@]1(C(=O)NCc2ccccn2)C[C@@H]2CC[C@H]1N2Cc1ccc(Cl)o1.O=CO. The van der Waals surface area contributed by atoms with Gasteiger partial charge in [0.2, 0.25) is 5.91 Å². The monoisotopic (exact) mass is 419 g/mol. The number of amides is 1. The molecule has 0 unspecified atom stereocenters. The fourth-order valence-corrected chi connectivity index (χ4v) is 4.96. The van der Waals surface area contributed by atoms with Crippen molar-refractivity contribution in [2.75, 3.05) is 0 Å². The quantitative estimate of drug-likeness (QED) is 0.696. The van der Waals surface area contributed by atoms with Gasteiger partial charge in [0.15, 0.2) is 5.22 Å². The minimum absolute atomic E-state index is 0.153. The van der Waals surface area contributed by atoms with Gasteiger partial charge in [0.1, 0.15) is 5.76 Å². The van der Waals surface area contributed by atoms with Gasteiger partial charge in [0.25, 0.3) is 6.47 Å². The second-order valence-corrected chi connectivity index (χ2v) is 7.82. The van der Waals surface area contributed by atoms with Gasteiger partial charge in [-0.2, -0.15) is 0 Å². The van der Waals surface area contributed by atoms with Crippen molar-refractivity contribution in [3.05, 3.63) is 53.2 Å². The summed E-state index contributed by atoms with van der Waals surface area (Å²) in [5.41, 5.74) is 0.561. The van der Waals surface area contributed by atoms with Crippen LogP contribution in [0.2, 0.25) is 5.22 Å². The summed E-state index contributed by atoms with van der Waals surface area (Å²) >= 11 is 5.91. The number of carbonyl (C=O) groups excluding carboxylic acids is 1. The number of carbonyl (C=O) groups is 2. The molecule has 0 saturated carbocycles. The normalized spacial score (nSPS) is 25.3. The third-order valence-electron chi connectivity index (χ3n) is 6.09. The fraction of sp³-hybridized carbons (Fsp3) is 0.476. The zero-order valence-corrected chi connectivity index (χ0v) is 17.1. The van der Waals surface area contributed by atoms with E-state index in [0.29, 0.717) is 17.8 Å². The third kappa shape index (κ3) is 4.46. The Morgan fingerprint density at radius 1 is 1.41 bits per heavy atom. The Balaban J connectivity index is 0.000000755. The summed E-state index contributed by atoms with van der Waals surface area (Å²) in [6, 6.07) is 10.2. The topological polar surface area (TPSA) is 95.7 Å².